The van der Waals surface area contributed by atoms with Gasteiger partial charge in [0.05, 0.1) is 5.56 Å². The Morgan fingerprint density at radius 3 is 2.24 bits per heavy atom. The van der Waals surface area contributed by atoms with Crippen molar-refractivity contribution in [2.45, 2.75) is 13.1 Å². The van der Waals surface area contributed by atoms with Gasteiger partial charge in [0.25, 0.3) is 5.91 Å². The average molecular weight is 243 g/mol. The lowest BCUT2D eigenvalue weighted by atomic mass is 10.1. The van der Waals surface area contributed by atoms with Crippen LogP contribution in [-0.2, 0) is 6.18 Å². The quantitative estimate of drug-likeness (QED) is 0.812. The molecule has 2 nitrogen and oxygen atoms in total. The zero-order valence-electron chi connectivity index (χ0n) is 9.27. The summed E-state index contributed by atoms with van der Waals surface area (Å²) in [6.07, 6.45) is -4.38. The van der Waals surface area contributed by atoms with E-state index in [1.165, 1.54) is 0 Å². The highest BCUT2D eigenvalue weighted by Crippen LogP contribution is 2.28. The highest BCUT2D eigenvalue weighted by Gasteiger charge is 2.30. The maximum atomic E-state index is 12.3. The first-order valence-corrected chi connectivity index (χ1v) is 4.90. The van der Waals surface area contributed by atoms with Crippen LogP contribution >= 0.6 is 0 Å². The third-order valence-electron chi connectivity index (χ3n) is 2.03. The first kappa shape index (κ1) is 13.3. The van der Waals surface area contributed by atoms with E-state index in [1.54, 1.807) is 6.92 Å². The van der Waals surface area contributed by atoms with Crippen molar-refractivity contribution in [1.29, 1.82) is 0 Å². The molecule has 0 spiro atoms. The van der Waals surface area contributed by atoms with Crippen molar-refractivity contribution in [3.63, 3.8) is 0 Å². The van der Waals surface area contributed by atoms with E-state index in [1.807, 2.05) is 0 Å². The smallest absolute Gasteiger partial charge is 0.348 e. The molecule has 0 saturated carbocycles. The minimum Gasteiger partial charge on any atom is -0.348 e. The molecule has 1 aromatic carbocycles. The standard InChI is InChI=1S/C12H12F3NO/c1-8(2)7-16-11(17)9-3-5-10(6-4-9)12(13,14)15/h3-6H,1,7H2,2H3,(H,16,17). The van der Waals surface area contributed by atoms with Crippen LogP contribution in [0.25, 0.3) is 0 Å². The number of amides is 1. The summed E-state index contributed by atoms with van der Waals surface area (Å²) in [4.78, 5) is 11.5. The number of alkyl halides is 3. The molecule has 1 amide bonds. The SMILES string of the molecule is C=C(C)CNC(=O)c1ccc(C(F)(F)F)cc1. The molecule has 0 saturated heterocycles. The highest BCUT2D eigenvalue weighted by atomic mass is 19.4. The highest BCUT2D eigenvalue weighted by molar-refractivity contribution is 5.94. The van der Waals surface area contributed by atoms with Crippen LogP contribution in [0.15, 0.2) is 36.4 Å². The van der Waals surface area contributed by atoms with E-state index in [2.05, 4.69) is 11.9 Å². The molecule has 0 unspecified atom stereocenters. The van der Waals surface area contributed by atoms with Crippen molar-refractivity contribution >= 4 is 5.91 Å². The molecule has 17 heavy (non-hydrogen) atoms. The summed E-state index contributed by atoms with van der Waals surface area (Å²) in [5.74, 6) is -0.415. The monoisotopic (exact) mass is 243 g/mol. The van der Waals surface area contributed by atoms with Crippen molar-refractivity contribution in [2.24, 2.45) is 0 Å². The van der Waals surface area contributed by atoms with Crippen LogP contribution in [-0.4, -0.2) is 12.5 Å². The van der Waals surface area contributed by atoms with Crippen LogP contribution in [0.3, 0.4) is 0 Å². The van der Waals surface area contributed by atoms with Gasteiger partial charge in [-0.15, -0.1) is 0 Å². The average Bonchev–Trinajstić information content (AvgIpc) is 2.25. The fraction of sp³-hybridized carbons (Fsp3) is 0.250. The summed E-state index contributed by atoms with van der Waals surface area (Å²) in [5, 5.41) is 2.54. The maximum absolute atomic E-state index is 12.3. The Hall–Kier alpha value is -1.78. The van der Waals surface area contributed by atoms with Crippen LogP contribution in [0.5, 0.6) is 0 Å². The van der Waals surface area contributed by atoms with Gasteiger partial charge < -0.3 is 5.32 Å². The minimum absolute atomic E-state index is 0.194. The van der Waals surface area contributed by atoms with Gasteiger partial charge in [-0.1, -0.05) is 12.2 Å². The van der Waals surface area contributed by atoms with E-state index in [9.17, 15) is 18.0 Å². The molecular weight excluding hydrogens is 231 g/mol. The van der Waals surface area contributed by atoms with Crippen LogP contribution in [0.1, 0.15) is 22.8 Å². The van der Waals surface area contributed by atoms with Gasteiger partial charge in [0.15, 0.2) is 0 Å². The molecule has 0 atom stereocenters. The van der Waals surface area contributed by atoms with Crippen molar-refractivity contribution in [3.8, 4) is 0 Å². The second-order valence-electron chi connectivity index (χ2n) is 3.71. The molecular formula is C12H12F3NO. The largest absolute Gasteiger partial charge is 0.416 e. The Morgan fingerprint density at radius 1 is 1.29 bits per heavy atom. The normalized spacial score (nSPS) is 11.1. The molecule has 0 heterocycles. The van der Waals surface area contributed by atoms with Crippen LogP contribution in [0, 0.1) is 0 Å². The third kappa shape index (κ3) is 3.94. The third-order valence-corrected chi connectivity index (χ3v) is 2.03. The summed E-state index contributed by atoms with van der Waals surface area (Å²) in [6.45, 7) is 5.65. The summed E-state index contributed by atoms with van der Waals surface area (Å²) < 4.78 is 36.8. The predicted molar refractivity (Wildman–Crippen MR) is 58.6 cm³/mol. The number of nitrogens with one attached hydrogen (secondary N) is 1. The van der Waals surface area contributed by atoms with Gasteiger partial charge >= 0.3 is 6.18 Å². The molecule has 0 aliphatic rings. The lowest BCUT2D eigenvalue weighted by Gasteiger charge is -2.08. The van der Waals surface area contributed by atoms with Gasteiger partial charge in [-0.05, 0) is 31.2 Å². The number of hydrogen-bond acceptors (Lipinski definition) is 1. The van der Waals surface area contributed by atoms with E-state index in [-0.39, 0.29) is 5.56 Å². The van der Waals surface area contributed by atoms with Crippen molar-refractivity contribution < 1.29 is 18.0 Å². The summed E-state index contributed by atoms with van der Waals surface area (Å²) in [6, 6.07) is 4.07. The van der Waals surface area contributed by atoms with Gasteiger partial charge in [0.1, 0.15) is 0 Å². The summed E-state index contributed by atoms with van der Waals surface area (Å²) in [5.41, 5.74) is 0.193. The fourth-order valence-electron chi connectivity index (χ4n) is 1.14. The van der Waals surface area contributed by atoms with Crippen molar-refractivity contribution in [3.05, 3.63) is 47.5 Å². The van der Waals surface area contributed by atoms with Crippen LogP contribution in [0.2, 0.25) is 0 Å². The second kappa shape index (κ2) is 5.03. The Bertz CT molecular complexity index is 420. The molecule has 5 heteroatoms. The molecule has 1 aromatic rings. The lowest BCUT2D eigenvalue weighted by molar-refractivity contribution is -0.137. The molecule has 0 aromatic heterocycles. The number of rotatable bonds is 3. The predicted octanol–water partition coefficient (Wildman–Crippen LogP) is 3.01. The van der Waals surface area contributed by atoms with Crippen molar-refractivity contribution in [1.82, 2.24) is 5.32 Å². The van der Waals surface area contributed by atoms with Gasteiger partial charge in [-0.2, -0.15) is 13.2 Å². The molecule has 1 N–H and O–H groups in total. The summed E-state index contributed by atoms with van der Waals surface area (Å²) in [7, 11) is 0. The minimum atomic E-state index is -4.38. The first-order valence-electron chi connectivity index (χ1n) is 4.90. The lowest BCUT2D eigenvalue weighted by Crippen LogP contribution is -2.24. The topological polar surface area (TPSA) is 29.1 Å². The van der Waals surface area contributed by atoms with E-state index in [4.69, 9.17) is 0 Å². The van der Waals surface area contributed by atoms with Gasteiger partial charge in [-0.25, -0.2) is 0 Å². The van der Waals surface area contributed by atoms with Gasteiger partial charge in [0, 0.05) is 12.1 Å². The molecule has 0 aliphatic carbocycles. The Balaban J connectivity index is 2.74. The number of halogens is 3. The molecule has 92 valence electrons. The molecule has 0 radical (unpaired) electrons. The molecule has 0 aliphatic heterocycles. The number of benzene rings is 1. The maximum Gasteiger partial charge on any atom is 0.416 e. The van der Waals surface area contributed by atoms with Crippen LogP contribution in [0.4, 0.5) is 13.2 Å². The van der Waals surface area contributed by atoms with Gasteiger partial charge in [0.2, 0.25) is 0 Å². The van der Waals surface area contributed by atoms with E-state index >= 15 is 0 Å². The number of hydrogen-bond donors (Lipinski definition) is 1. The first-order chi connectivity index (χ1) is 7.80. The molecule has 1 rings (SSSR count). The molecule has 0 bridgehead atoms. The Labute approximate surface area is 97.1 Å². The van der Waals surface area contributed by atoms with E-state index in [0.717, 1.165) is 29.8 Å². The molecule has 0 fully saturated rings. The summed E-state index contributed by atoms with van der Waals surface area (Å²) >= 11 is 0. The van der Waals surface area contributed by atoms with Crippen molar-refractivity contribution in [2.75, 3.05) is 6.54 Å². The zero-order valence-corrected chi connectivity index (χ0v) is 9.27. The van der Waals surface area contributed by atoms with Crippen LogP contribution < -0.4 is 5.32 Å². The number of carbonyl (C=O) groups is 1. The number of carbonyl (C=O) groups excluding carboxylic acids is 1. The zero-order chi connectivity index (χ0) is 13.1. The fourth-order valence-corrected chi connectivity index (χ4v) is 1.14. The second-order valence-corrected chi connectivity index (χ2v) is 3.71. The van der Waals surface area contributed by atoms with E-state index in [0.29, 0.717) is 6.54 Å². The Kier molecular flexibility index (Phi) is 3.93. The Morgan fingerprint density at radius 2 is 1.82 bits per heavy atom. The van der Waals surface area contributed by atoms with E-state index < -0.39 is 17.6 Å². The van der Waals surface area contributed by atoms with Gasteiger partial charge in [-0.3, -0.25) is 4.79 Å².